The van der Waals surface area contributed by atoms with Gasteiger partial charge >= 0.3 is 0 Å². The van der Waals surface area contributed by atoms with Crippen molar-refractivity contribution in [3.8, 4) is 5.75 Å². The third kappa shape index (κ3) is 3.15. The second kappa shape index (κ2) is 6.59. The molecule has 20 heavy (non-hydrogen) atoms. The lowest BCUT2D eigenvalue weighted by atomic mass is 9.88. The molecular formula is C17H26N2O. The lowest BCUT2D eigenvalue weighted by molar-refractivity contribution is 0.182. The van der Waals surface area contributed by atoms with Gasteiger partial charge in [0.25, 0.3) is 0 Å². The van der Waals surface area contributed by atoms with Crippen molar-refractivity contribution in [2.45, 2.75) is 44.6 Å². The molecule has 0 bridgehead atoms. The number of benzene rings is 1. The molecule has 2 N–H and O–H groups in total. The van der Waals surface area contributed by atoms with Gasteiger partial charge in [0.05, 0.1) is 0 Å². The van der Waals surface area contributed by atoms with Gasteiger partial charge in [-0.3, -0.25) is 4.90 Å². The van der Waals surface area contributed by atoms with E-state index in [1.165, 1.54) is 49.9 Å². The van der Waals surface area contributed by atoms with Gasteiger partial charge in [-0.05, 0) is 62.4 Å². The highest BCUT2D eigenvalue weighted by molar-refractivity contribution is 5.43. The zero-order valence-corrected chi connectivity index (χ0v) is 12.3. The fourth-order valence-corrected chi connectivity index (χ4v) is 3.45. The maximum Gasteiger partial charge on any atom is 0.122 e. The maximum atomic E-state index is 6.20. The quantitative estimate of drug-likeness (QED) is 0.917. The SMILES string of the molecule is NC1CCCc2c(OCCN3CCCCC3)cccc21. The summed E-state index contributed by atoms with van der Waals surface area (Å²) >= 11 is 0. The number of nitrogens with zero attached hydrogens (tertiary/aromatic N) is 1. The molecule has 0 spiro atoms. The Kier molecular flexibility index (Phi) is 4.58. The minimum Gasteiger partial charge on any atom is -0.492 e. The smallest absolute Gasteiger partial charge is 0.122 e. The van der Waals surface area contributed by atoms with E-state index in [9.17, 15) is 0 Å². The van der Waals surface area contributed by atoms with Gasteiger partial charge in [0.2, 0.25) is 0 Å². The molecule has 1 atom stereocenters. The van der Waals surface area contributed by atoms with Crippen LogP contribution in [0.5, 0.6) is 5.75 Å². The minimum absolute atomic E-state index is 0.199. The summed E-state index contributed by atoms with van der Waals surface area (Å²) in [6, 6.07) is 6.55. The van der Waals surface area contributed by atoms with Crippen LogP contribution in [0.3, 0.4) is 0 Å². The second-order valence-electron chi connectivity index (χ2n) is 6.07. The van der Waals surface area contributed by atoms with Crippen LogP contribution in [0.2, 0.25) is 0 Å². The summed E-state index contributed by atoms with van der Waals surface area (Å²) in [4.78, 5) is 2.52. The number of piperidine rings is 1. The molecule has 110 valence electrons. The summed E-state index contributed by atoms with van der Waals surface area (Å²) in [7, 11) is 0. The Labute approximate surface area is 122 Å². The van der Waals surface area contributed by atoms with E-state index in [1.54, 1.807) is 0 Å². The molecule has 1 saturated heterocycles. The van der Waals surface area contributed by atoms with E-state index in [2.05, 4.69) is 23.1 Å². The normalized spacial score (nSPS) is 23.4. The van der Waals surface area contributed by atoms with Gasteiger partial charge in [0.15, 0.2) is 0 Å². The highest BCUT2D eigenvalue weighted by atomic mass is 16.5. The van der Waals surface area contributed by atoms with Gasteiger partial charge in [-0.15, -0.1) is 0 Å². The van der Waals surface area contributed by atoms with Crippen molar-refractivity contribution in [2.75, 3.05) is 26.2 Å². The fraction of sp³-hybridized carbons (Fsp3) is 0.647. The van der Waals surface area contributed by atoms with Crippen molar-refractivity contribution in [1.82, 2.24) is 4.90 Å². The Morgan fingerprint density at radius 3 is 2.85 bits per heavy atom. The Morgan fingerprint density at radius 1 is 1.15 bits per heavy atom. The van der Waals surface area contributed by atoms with Crippen molar-refractivity contribution in [1.29, 1.82) is 0 Å². The molecule has 2 aliphatic rings. The molecule has 1 fully saturated rings. The minimum atomic E-state index is 0.199. The Balaban J connectivity index is 1.58. The predicted molar refractivity (Wildman–Crippen MR) is 82.1 cm³/mol. The average Bonchev–Trinajstić information content (AvgIpc) is 2.49. The van der Waals surface area contributed by atoms with E-state index >= 15 is 0 Å². The summed E-state index contributed by atoms with van der Waals surface area (Å²) in [5.74, 6) is 1.06. The zero-order chi connectivity index (χ0) is 13.8. The molecule has 3 nitrogen and oxygen atoms in total. The number of ether oxygens (including phenoxy) is 1. The van der Waals surface area contributed by atoms with Crippen LogP contribution in [0.1, 0.15) is 49.3 Å². The van der Waals surface area contributed by atoms with Crippen LogP contribution in [-0.2, 0) is 6.42 Å². The average molecular weight is 274 g/mol. The van der Waals surface area contributed by atoms with Crippen LogP contribution < -0.4 is 10.5 Å². The van der Waals surface area contributed by atoms with Crippen LogP contribution in [0, 0.1) is 0 Å². The highest BCUT2D eigenvalue weighted by Gasteiger charge is 2.20. The van der Waals surface area contributed by atoms with Crippen molar-refractivity contribution in [3.05, 3.63) is 29.3 Å². The molecule has 0 radical (unpaired) electrons. The van der Waals surface area contributed by atoms with Crippen molar-refractivity contribution in [2.24, 2.45) is 5.73 Å². The first-order chi connectivity index (χ1) is 9.84. The van der Waals surface area contributed by atoms with Crippen LogP contribution in [0.4, 0.5) is 0 Å². The molecule has 0 amide bonds. The summed E-state index contributed by atoms with van der Waals surface area (Å²) in [6.45, 7) is 4.32. The molecular weight excluding hydrogens is 248 g/mol. The van der Waals surface area contributed by atoms with Crippen LogP contribution in [0.15, 0.2) is 18.2 Å². The van der Waals surface area contributed by atoms with Crippen LogP contribution in [-0.4, -0.2) is 31.1 Å². The Morgan fingerprint density at radius 2 is 2.00 bits per heavy atom. The number of hydrogen-bond acceptors (Lipinski definition) is 3. The molecule has 3 heteroatoms. The number of likely N-dealkylation sites (tertiary alicyclic amines) is 1. The fourth-order valence-electron chi connectivity index (χ4n) is 3.45. The summed E-state index contributed by atoms with van der Waals surface area (Å²) in [5.41, 5.74) is 8.85. The first kappa shape index (κ1) is 13.9. The Hall–Kier alpha value is -1.06. The van der Waals surface area contributed by atoms with Crippen molar-refractivity contribution >= 4 is 0 Å². The van der Waals surface area contributed by atoms with Gasteiger partial charge in [-0.1, -0.05) is 18.6 Å². The lowest BCUT2D eigenvalue weighted by Crippen LogP contribution is -2.33. The van der Waals surface area contributed by atoms with Crippen LogP contribution >= 0.6 is 0 Å². The van der Waals surface area contributed by atoms with Gasteiger partial charge in [0.1, 0.15) is 12.4 Å². The Bertz CT molecular complexity index is 441. The van der Waals surface area contributed by atoms with Crippen LogP contribution in [0.25, 0.3) is 0 Å². The molecule has 1 aromatic carbocycles. The molecule has 3 rings (SSSR count). The van der Waals surface area contributed by atoms with Crippen molar-refractivity contribution in [3.63, 3.8) is 0 Å². The first-order valence-corrected chi connectivity index (χ1v) is 8.07. The molecule has 0 saturated carbocycles. The molecule has 1 aromatic rings. The van der Waals surface area contributed by atoms with Gasteiger partial charge in [0, 0.05) is 12.6 Å². The van der Waals surface area contributed by atoms with Crippen molar-refractivity contribution < 1.29 is 4.74 Å². The second-order valence-corrected chi connectivity index (χ2v) is 6.07. The first-order valence-electron chi connectivity index (χ1n) is 8.07. The monoisotopic (exact) mass is 274 g/mol. The number of nitrogens with two attached hydrogens (primary N) is 1. The summed E-state index contributed by atoms with van der Waals surface area (Å²) in [5, 5.41) is 0. The largest absolute Gasteiger partial charge is 0.492 e. The molecule has 0 aromatic heterocycles. The summed E-state index contributed by atoms with van der Waals surface area (Å²) < 4.78 is 6.06. The van der Waals surface area contributed by atoms with Gasteiger partial charge < -0.3 is 10.5 Å². The van der Waals surface area contributed by atoms with E-state index in [-0.39, 0.29) is 6.04 Å². The van der Waals surface area contributed by atoms with E-state index < -0.39 is 0 Å². The molecule has 1 unspecified atom stereocenters. The highest BCUT2D eigenvalue weighted by Crippen LogP contribution is 2.33. The molecule has 1 aliphatic carbocycles. The molecule has 1 aliphatic heterocycles. The third-order valence-electron chi connectivity index (χ3n) is 4.62. The van der Waals surface area contributed by atoms with E-state index in [0.717, 1.165) is 31.7 Å². The topological polar surface area (TPSA) is 38.5 Å². The maximum absolute atomic E-state index is 6.20. The van der Waals surface area contributed by atoms with Gasteiger partial charge in [-0.2, -0.15) is 0 Å². The van der Waals surface area contributed by atoms with E-state index in [4.69, 9.17) is 10.5 Å². The third-order valence-corrected chi connectivity index (χ3v) is 4.62. The molecule has 1 heterocycles. The zero-order valence-electron chi connectivity index (χ0n) is 12.3. The number of rotatable bonds is 4. The number of hydrogen-bond donors (Lipinski definition) is 1. The van der Waals surface area contributed by atoms with Gasteiger partial charge in [-0.25, -0.2) is 0 Å². The van der Waals surface area contributed by atoms with E-state index in [0.29, 0.717) is 0 Å². The number of fused-ring (bicyclic) bond motifs is 1. The summed E-state index contributed by atoms with van der Waals surface area (Å²) in [6.07, 6.45) is 7.47. The van der Waals surface area contributed by atoms with E-state index in [1.807, 2.05) is 0 Å². The predicted octanol–water partition coefficient (Wildman–Crippen LogP) is 2.89. The lowest BCUT2D eigenvalue weighted by Gasteiger charge is -2.27. The standard InChI is InChI=1S/C17H26N2O/c18-16-8-4-7-15-14(16)6-5-9-17(15)20-13-12-19-10-2-1-3-11-19/h5-6,9,16H,1-4,7-8,10-13,18H2.